The van der Waals surface area contributed by atoms with Crippen LogP contribution in [-0.4, -0.2) is 26.2 Å². The van der Waals surface area contributed by atoms with Gasteiger partial charge in [-0.3, -0.25) is 9.59 Å². The number of carbonyl (C=O) groups is 2. The molecule has 1 atom stereocenters. The molecule has 4 aromatic rings. The van der Waals surface area contributed by atoms with Crippen LogP contribution in [0.2, 0.25) is 0 Å². The Hall–Kier alpha value is -3.58. The number of hydrogen-bond donors (Lipinski definition) is 0. The van der Waals surface area contributed by atoms with Gasteiger partial charge in [-0.2, -0.15) is 5.10 Å². The second kappa shape index (κ2) is 7.03. The van der Waals surface area contributed by atoms with Crippen molar-refractivity contribution < 1.29 is 9.59 Å². The van der Waals surface area contributed by atoms with Crippen molar-refractivity contribution in [1.82, 2.24) is 14.3 Å². The minimum absolute atomic E-state index is 0.0294. The summed E-state index contributed by atoms with van der Waals surface area (Å²) in [6.45, 7) is 0. The minimum atomic E-state index is -0.757. The van der Waals surface area contributed by atoms with Gasteiger partial charge in [0.15, 0.2) is 10.6 Å². The van der Waals surface area contributed by atoms with Crippen molar-refractivity contribution in [2.75, 3.05) is 4.90 Å². The largest absolute Gasteiger partial charge is 0.303 e. The van der Waals surface area contributed by atoms with E-state index in [-0.39, 0.29) is 18.2 Å². The third kappa shape index (κ3) is 2.78. The van der Waals surface area contributed by atoms with Crippen LogP contribution >= 0.6 is 12.2 Å². The van der Waals surface area contributed by atoms with Crippen LogP contribution in [0.15, 0.2) is 72.8 Å². The van der Waals surface area contributed by atoms with Crippen molar-refractivity contribution in [2.45, 2.75) is 12.5 Å². The van der Waals surface area contributed by atoms with Crippen LogP contribution in [0.1, 0.15) is 12.5 Å². The zero-order chi connectivity index (χ0) is 20.8. The lowest BCUT2D eigenvalue weighted by Gasteiger charge is -2.17. The molecule has 1 aliphatic heterocycles. The lowest BCUT2D eigenvalue weighted by molar-refractivity contribution is -0.122. The maximum Gasteiger partial charge on any atom is 0.259 e. The molecule has 1 fully saturated rings. The molecule has 0 N–H and O–H groups in total. The Morgan fingerprint density at radius 1 is 0.933 bits per heavy atom. The van der Waals surface area contributed by atoms with Crippen LogP contribution in [0, 0.1) is 4.77 Å². The zero-order valence-corrected chi connectivity index (χ0v) is 17.0. The first-order valence-corrected chi connectivity index (χ1v) is 10.0. The minimum Gasteiger partial charge on any atom is -0.303 e. The molecule has 30 heavy (non-hydrogen) atoms. The average Bonchev–Trinajstić information content (AvgIpc) is 3.23. The van der Waals surface area contributed by atoms with E-state index in [1.807, 2.05) is 73.8 Å². The van der Waals surface area contributed by atoms with Crippen LogP contribution in [-0.2, 0) is 16.6 Å². The Labute approximate surface area is 178 Å². The maximum atomic E-state index is 13.4. The summed E-state index contributed by atoms with van der Waals surface area (Å²) in [4.78, 5) is 27.5. The summed E-state index contributed by atoms with van der Waals surface area (Å²) in [7, 11) is 1.82. The summed E-state index contributed by atoms with van der Waals surface area (Å²) in [5.74, 6) is 0.0878. The number of nitrogens with zero attached hydrogens (tertiary/aromatic N) is 4. The number of aromatic nitrogens is 3. The molecule has 0 bridgehead atoms. The molecule has 0 radical (unpaired) electrons. The monoisotopic (exact) mass is 414 g/mol. The molecule has 5 rings (SSSR count). The van der Waals surface area contributed by atoms with E-state index in [2.05, 4.69) is 5.10 Å². The van der Waals surface area contributed by atoms with Crippen molar-refractivity contribution in [2.24, 2.45) is 7.05 Å². The molecule has 3 aromatic carbocycles. The van der Waals surface area contributed by atoms with Gasteiger partial charge in [-0.1, -0.05) is 66.7 Å². The highest BCUT2D eigenvalue weighted by molar-refractivity contribution is 7.71. The van der Waals surface area contributed by atoms with Crippen LogP contribution in [0.4, 0.5) is 5.69 Å². The first-order valence-electron chi connectivity index (χ1n) is 9.62. The molecule has 148 valence electrons. The SMILES string of the molecule is Cn1c(-c2ccccc2)nn([C@@H]2CC(=O)N(c3cccc4ccccc34)C2=O)c1=S. The summed E-state index contributed by atoms with van der Waals surface area (Å²) >= 11 is 5.56. The standard InChI is InChI=1S/C23H18N4O2S/c1-25-21(16-9-3-2-4-10-16)24-27(23(25)30)19-14-20(28)26(22(19)29)18-13-7-11-15-8-5-6-12-17(15)18/h2-13,19H,14H2,1H3/t19-/m1/s1. The van der Waals surface area contributed by atoms with Crippen molar-refractivity contribution >= 4 is 40.5 Å². The highest BCUT2D eigenvalue weighted by Crippen LogP contribution is 2.34. The van der Waals surface area contributed by atoms with Crippen molar-refractivity contribution in [3.05, 3.63) is 77.6 Å². The molecule has 0 saturated carbocycles. The second-order valence-electron chi connectivity index (χ2n) is 7.26. The quantitative estimate of drug-likeness (QED) is 0.371. The van der Waals surface area contributed by atoms with Crippen molar-refractivity contribution in [3.63, 3.8) is 0 Å². The summed E-state index contributed by atoms with van der Waals surface area (Å²) < 4.78 is 3.67. The fraction of sp³-hybridized carbons (Fsp3) is 0.130. The summed E-state index contributed by atoms with van der Waals surface area (Å²) in [6, 6.07) is 22.2. The number of fused-ring (bicyclic) bond motifs is 1. The number of benzene rings is 3. The molecule has 1 saturated heterocycles. The first-order chi connectivity index (χ1) is 14.6. The van der Waals surface area contributed by atoms with Gasteiger partial charge >= 0.3 is 0 Å². The summed E-state index contributed by atoms with van der Waals surface area (Å²) in [6.07, 6.45) is 0.0294. The smallest absolute Gasteiger partial charge is 0.259 e. The van der Waals surface area contributed by atoms with E-state index < -0.39 is 6.04 Å². The predicted octanol–water partition coefficient (Wildman–Crippen LogP) is 4.28. The van der Waals surface area contributed by atoms with Crippen LogP contribution in [0.25, 0.3) is 22.2 Å². The van der Waals surface area contributed by atoms with E-state index in [0.717, 1.165) is 16.3 Å². The van der Waals surface area contributed by atoms with Gasteiger partial charge in [0.05, 0.1) is 12.1 Å². The van der Waals surface area contributed by atoms with Gasteiger partial charge in [0.2, 0.25) is 5.91 Å². The lowest BCUT2D eigenvalue weighted by Crippen LogP contribution is -2.31. The van der Waals surface area contributed by atoms with E-state index in [4.69, 9.17) is 12.2 Å². The number of carbonyl (C=O) groups excluding carboxylic acids is 2. The predicted molar refractivity (Wildman–Crippen MR) is 118 cm³/mol. The van der Waals surface area contributed by atoms with Gasteiger partial charge in [0.25, 0.3) is 5.91 Å². The highest BCUT2D eigenvalue weighted by Gasteiger charge is 2.42. The molecule has 2 heterocycles. The molecule has 0 aliphatic carbocycles. The van der Waals surface area contributed by atoms with E-state index in [0.29, 0.717) is 16.3 Å². The Morgan fingerprint density at radius 3 is 2.43 bits per heavy atom. The normalized spacial score (nSPS) is 16.6. The Morgan fingerprint density at radius 2 is 1.63 bits per heavy atom. The van der Waals surface area contributed by atoms with Gasteiger partial charge < -0.3 is 4.57 Å². The lowest BCUT2D eigenvalue weighted by atomic mass is 10.1. The van der Waals surface area contributed by atoms with Gasteiger partial charge in [-0.25, -0.2) is 9.58 Å². The molecular formula is C23H18N4O2S. The summed E-state index contributed by atoms with van der Waals surface area (Å²) in [5, 5.41) is 6.44. The molecule has 1 aliphatic rings. The molecular weight excluding hydrogens is 396 g/mol. The number of rotatable bonds is 3. The van der Waals surface area contributed by atoms with Gasteiger partial charge in [-0.15, -0.1) is 0 Å². The van der Waals surface area contributed by atoms with Crippen LogP contribution < -0.4 is 4.90 Å². The van der Waals surface area contributed by atoms with Crippen LogP contribution in [0.5, 0.6) is 0 Å². The van der Waals surface area contributed by atoms with E-state index >= 15 is 0 Å². The van der Waals surface area contributed by atoms with Crippen LogP contribution in [0.3, 0.4) is 0 Å². The van der Waals surface area contributed by atoms with E-state index in [9.17, 15) is 9.59 Å². The number of imide groups is 1. The molecule has 0 unspecified atom stereocenters. The molecule has 6 nitrogen and oxygen atoms in total. The molecule has 1 aromatic heterocycles. The van der Waals surface area contributed by atoms with E-state index in [1.165, 1.54) is 9.58 Å². The topological polar surface area (TPSA) is 60.1 Å². The fourth-order valence-corrected chi connectivity index (χ4v) is 4.22. The molecule has 2 amide bonds. The Bertz CT molecular complexity index is 1350. The first kappa shape index (κ1) is 18.4. The van der Waals surface area contributed by atoms with E-state index in [1.54, 1.807) is 10.6 Å². The number of anilines is 1. The van der Waals surface area contributed by atoms with Crippen molar-refractivity contribution in [3.8, 4) is 11.4 Å². The Kier molecular flexibility index (Phi) is 4.33. The third-order valence-electron chi connectivity index (χ3n) is 5.46. The zero-order valence-electron chi connectivity index (χ0n) is 16.2. The van der Waals surface area contributed by atoms with Gasteiger partial charge in [0.1, 0.15) is 6.04 Å². The van der Waals surface area contributed by atoms with Gasteiger partial charge in [0, 0.05) is 18.0 Å². The highest BCUT2D eigenvalue weighted by atomic mass is 32.1. The summed E-state index contributed by atoms with van der Waals surface area (Å²) in [5.41, 5.74) is 1.49. The number of amides is 2. The Balaban J connectivity index is 1.58. The molecule has 0 spiro atoms. The fourth-order valence-electron chi connectivity index (χ4n) is 3.96. The maximum absolute atomic E-state index is 13.4. The van der Waals surface area contributed by atoms with Crippen molar-refractivity contribution in [1.29, 1.82) is 0 Å². The molecule has 7 heteroatoms. The third-order valence-corrected chi connectivity index (χ3v) is 5.92. The van der Waals surface area contributed by atoms with Gasteiger partial charge in [-0.05, 0) is 23.7 Å². The average molecular weight is 414 g/mol. The number of hydrogen-bond acceptors (Lipinski definition) is 4. The second-order valence-corrected chi connectivity index (χ2v) is 7.63.